The van der Waals surface area contributed by atoms with Crippen molar-refractivity contribution in [1.29, 1.82) is 0 Å². The lowest BCUT2D eigenvalue weighted by Crippen LogP contribution is -2.50. The van der Waals surface area contributed by atoms with Gasteiger partial charge in [0.1, 0.15) is 0 Å². The molecule has 21 heavy (non-hydrogen) atoms. The van der Waals surface area contributed by atoms with Crippen LogP contribution in [-0.2, 0) is 4.79 Å². The molecule has 1 aromatic carbocycles. The number of hydrogen-bond acceptors (Lipinski definition) is 3. The summed E-state index contributed by atoms with van der Waals surface area (Å²) in [6, 6.07) is 5.27. The smallest absolute Gasteiger partial charge is 0.253 e. The van der Waals surface area contributed by atoms with Crippen LogP contribution in [0.1, 0.15) is 42.6 Å². The number of nitrogens with zero attached hydrogens (tertiary/aromatic N) is 1. The van der Waals surface area contributed by atoms with E-state index < -0.39 is 5.54 Å². The molecular formula is C16H25N3O2. The van der Waals surface area contributed by atoms with Crippen molar-refractivity contribution in [3.05, 3.63) is 29.3 Å². The van der Waals surface area contributed by atoms with Crippen molar-refractivity contribution >= 4 is 17.5 Å². The zero-order valence-electron chi connectivity index (χ0n) is 13.5. The number of benzene rings is 1. The summed E-state index contributed by atoms with van der Waals surface area (Å²) < 4.78 is 0. The largest absolute Gasteiger partial charge is 0.345 e. The Labute approximate surface area is 126 Å². The van der Waals surface area contributed by atoms with Crippen molar-refractivity contribution in [2.24, 2.45) is 5.73 Å². The topological polar surface area (TPSA) is 75.4 Å². The third kappa shape index (κ3) is 3.82. The Morgan fingerprint density at radius 2 is 1.81 bits per heavy atom. The van der Waals surface area contributed by atoms with Gasteiger partial charge in [-0.05, 0) is 37.5 Å². The molecule has 0 bridgehead atoms. The SMILES string of the molecule is CCC(N)(CC)C(=O)Nc1cc(C(=O)N(C)C)ccc1C. The lowest BCUT2D eigenvalue weighted by atomic mass is 9.93. The van der Waals surface area contributed by atoms with E-state index in [1.807, 2.05) is 26.8 Å². The molecule has 0 aliphatic rings. The summed E-state index contributed by atoms with van der Waals surface area (Å²) in [7, 11) is 3.39. The average Bonchev–Trinajstić information content (AvgIpc) is 2.47. The number of carbonyl (C=O) groups excluding carboxylic acids is 2. The first kappa shape index (κ1) is 17.2. The number of hydrogen-bond donors (Lipinski definition) is 2. The quantitative estimate of drug-likeness (QED) is 0.873. The second kappa shape index (κ2) is 6.72. The molecule has 0 radical (unpaired) electrons. The second-order valence-corrected chi connectivity index (χ2v) is 5.55. The van der Waals surface area contributed by atoms with Gasteiger partial charge < -0.3 is 16.0 Å². The van der Waals surface area contributed by atoms with Crippen molar-refractivity contribution < 1.29 is 9.59 Å². The Kier molecular flexibility index (Phi) is 5.49. The molecular weight excluding hydrogens is 266 g/mol. The molecule has 5 nitrogen and oxygen atoms in total. The predicted octanol–water partition coefficient (Wildman–Crippen LogP) is 2.15. The number of anilines is 1. The number of amides is 2. The summed E-state index contributed by atoms with van der Waals surface area (Å²) in [5, 5.41) is 2.85. The van der Waals surface area contributed by atoms with Crippen LogP contribution >= 0.6 is 0 Å². The first-order chi connectivity index (χ1) is 9.75. The maximum absolute atomic E-state index is 12.3. The van der Waals surface area contributed by atoms with Gasteiger partial charge in [0.25, 0.3) is 5.91 Å². The lowest BCUT2D eigenvalue weighted by Gasteiger charge is -2.25. The van der Waals surface area contributed by atoms with Crippen molar-refractivity contribution in [2.75, 3.05) is 19.4 Å². The van der Waals surface area contributed by atoms with Gasteiger partial charge in [0.15, 0.2) is 0 Å². The van der Waals surface area contributed by atoms with E-state index in [1.165, 1.54) is 4.90 Å². The van der Waals surface area contributed by atoms with Crippen LogP contribution in [0.3, 0.4) is 0 Å². The molecule has 0 fully saturated rings. The highest BCUT2D eigenvalue weighted by Gasteiger charge is 2.30. The van der Waals surface area contributed by atoms with Crippen molar-refractivity contribution in [2.45, 2.75) is 39.2 Å². The Hall–Kier alpha value is -1.88. The molecule has 5 heteroatoms. The van der Waals surface area contributed by atoms with Crippen LogP contribution in [0.15, 0.2) is 18.2 Å². The molecule has 0 aliphatic heterocycles. The minimum Gasteiger partial charge on any atom is -0.345 e. The summed E-state index contributed by atoms with van der Waals surface area (Å²) in [6.07, 6.45) is 1.12. The number of carbonyl (C=O) groups is 2. The molecule has 3 N–H and O–H groups in total. The molecule has 116 valence electrons. The third-order valence-electron chi connectivity index (χ3n) is 3.85. The van der Waals surface area contributed by atoms with Gasteiger partial charge in [-0.15, -0.1) is 0 Å². The fourth-order valence-electron chi connectivity index (χ4n) is 1.97. The molecule has 0 aliphatic carbocycles. The van der Waals surface area contributed by atoms with E-state index in [0.717, 1.165) is 5.56 Å². The molecule has 0 heterocycles. The summed E-state index contributed by atoms with van der Waals surface area (Å²) >= 11 is 0. The highest BCUT2D eigenvalue weighted by Crippen LogP contribution is 2.21. The summed E-state index contributed by atoms with van der Waals surface area (Å²) in [6.45, 7) is 5.67. The maximum atomic E-state index is 12.3. The first-order valence-corrected chi connectivity index (χ1v) is 7.17. The monoisotopic (exact) mass is 291 g/mol. The second-order valence-electron chi connectivity index (χ2n) is 5.55. The molecule has 0 spiro atoms. The van der Waals surface area contributed by atoms with E-state index in [2.05, 4.69) is 5.32 Å². The van der Waals surface area contributed by atoms with Gasteiger partial charge in [0.05, 0.1) is 5.54 Å². The summed E-state index contributed by atoms with van der Waals surface area (Å²) in [4.78, 5) is 25.8. The van der Waals surface area contributed by atoms with Gasteiger partial charge in [0, 0.05) is 25.3 Å². The minimum absolute atomic E-state index is 0.101. The molecule has 1 rings (SSSR count). The number of nitrogens with one attached hydrogen (secondary N) is 1. The Balaban J connectivity index is 3.06. The lowest BCUT2D eigenvalue weighted by molar-refractivity contribution is -0.121. The third-order valence-corrected chi connectivity index (χ3v) is 3.85. The normalized spacial score (nSPS) is 11.1. The van der Waals surface area contributed by atoms with Crippen LogP contribution in [0.4, 0.5) is 5.69 Å². The van der Waals surface area contributed by atoms with Crippen LogP contribution in [0.5, 0.6) is 0 Å². The van der Waals surface area contributed by atoms with Gasteiger partial charge in [0.2, 0.25) is 5.91 Å². The summed E-state index contributed by atoms with van der Waals surface area (Å²) in [5.74, 6) is -0.319. The summed E-state index contributed by atoms with van der Waals surface area (Å²) in [5.41, 5.74) is 7.28. The maximum Gasteiger partial charge on any atom is 0.253 e. The average molecular weight is 291 g/mol. The molecule has 0 saturated carbocycles. The molecule has 0 atom stereocenters. The van der Waals surface area contributed by atoms with Crippen molar-refractivity contribution in [3.8, 4) is 0 Å². The van der Waals surface area contributed by atoms with Crippen LogP contribution in [-0.4, -0.2) is 36.3 Å². The zero-order chi connectivity index (χ0) is 16.2. The van der Waals surface area contributed by atoms with Crippen LogP contribution in [0, 0.1) is 6.92 Å². The van der Waals surface area contributed by atoms with Gasteiger partial charge in [-0.3, -0.25) is 9.59 Å². The van der Waals surface area contributed by atoms with E-state index in [4.69, 9.17) is 5.73 Å². The number of nitrogens with two attached hydrogens (primary N) is 1. The van der Waals surface area contributed by atoms with Crippen LogP contribution in [0.2, 0.25) is 0 Å². The van der Waals surface area contributed by atoms with Crippen LogP contribution in [0.25, 0.3) is 0 Å². The molecule has 1 aromatic rings. The fourth-order valence-corrected chi connectivity index (χ4v) is 1.97. The van der Waals surface area contributed by atoms with Gasteiger partial charge in [-0.2, -0.15) is 0 Å². The van der Waals surface area contributed by atoms with E-state index in [1.54, 1.807) is 26.2 Å². The Bertz CT molecular complexity index is 534. The first-order valence-electron chi connectivity index (χ1n) is 7.17. The van der Waals surface area contributed by atoms with E-state index in [9.17, 15) is 9.59 Å². The highest BCUT2D eigenvalue weighted by molar-refractivity contribution is 6.00. The van der Waals surface area contributed by atoms with Crippen LogP contribution < -0.4 is 11.1 Å². The molecule has 0 saturated heterocycles. The Morgan fingerprint density at radius 1 is 1.24 bits per heavy atom. The number of rotatable bonds is 5. The molecule has 0 aromatic heterocycles. The van der Waals surface area contributed by atoms with E-state index in [0.29, 0.717) is 24.1 Å². The van der Waals surface area contributed by atoms with E-state index in [-0.39, 0.29) is 11.8 Å². The molecule has 2 amide bonds. The predicted molar refractivity (Wildman–Crippen MR) is 85.3 cm³/mol. The Morgan fingerprint density at radius 3 is 2.29 bits per heavy atom. The van der Waals surface area contributed by atoms with Crippen molar-refractivity contribution in [3.63, 3.8) is 0 Å². The zero-order valence-corrected chi connectivity index (χ0v) is 13.5. The van der Waals surface area contributed by atoms with Gasteiger partial charge >= 0.3 is 0 Å². The highest BCUT2D eigenvalue weighted by atomic mass is 16.2. The van der Waals surface area contributed by atoms with Gasteiger partial charge in [-0.25, -0.2) is 0 Å². The fraction of sp³-hybridized carbons (Fsp3) is 0.500. The van der Waals surface area contributed by atoms with Crippen molar-refractivity contribution in [1.82, 2.24) is 4.90 Å². The van der Waals surface area contributed by atoms with E-state index >= 15 is 0 Å². The standard InChI is InChI=1S/C16H25N3O2/c1-6-16(17,7-2)15(21)18-13-10-12(9-8-11(13)3)14(20)19(4)5/h8-10H,6-7,17H2,1-5H3,(H,18,21). The molecule has 0 unspecified atom stereocenters. The number of aryl methyl sites for hydroxylation is 1. The minimum atomic E-state index is -0.881. The van der Waals surface area contributed by atoms with Gasteiger partial charge in [-0.1, -0.05) is 19.9 Å².